The third kappa shape index (κ3) is 3.37. The monoisotopic (exact) mass is 349 g/mol. The van der Waals surface area contributed by atoms with E-state index >= 15 is 0 Å². The van der Waals surface area contributed by atoms with Crippen LogP contribution in [0.1, 0.15) is 70.0 Å². The summed E-state index contributed by atoms with van der Waals surface area (Å²) in [5, 5.41) is 4.03. The maximum absolute atomic E-state index is 4.03. The Morgan fingerprint density at radius 1 is 1.10 bits per heavy atom. The Balaban J connectivity index is 1.75. The summed E-state index contributed by atoms with van der Waals surface area (Å²) in [7, 11) is 0. The summed E-state index contributed by atoms with van der Waals surface area (Å²) in [5.41, 5.74) is 3.49. The third-order valence-corrected chi connectivity index (χ3v) is 5.97. The van der Waals surface area contributed by atoms with Crippen molar-refractivity contribution in [3.05, 3.63) is 33.8 Å². The van der Waals surface area contributed by atoms with Crippen molar-refractivity contribution in [2.24, 2.45) is 11.3 Å². The topological polar surface area (TPSA) is 12.0 Å². The van der Waals surface area contributed by atoms with Gasteiger partial charge in [0.15, 0.2) is 0 Å². The van der Waals surface area contributed by atoms with Crippen LogP contribution in [0.4, 0.5) is 0 Å². The quantitative estimate of drug-likeness (QED) is 0.729. The zero-order valence-electron chi connectivity index (χ0n) is 13.6. The minimum atomic E-state index is 0.416. The number of nitrogens with one attached hydrogen (secondary N) is 1. The summed E-state index contributed by atoms with van der Waals surface area (Å²) in [6.07, 6.45) is 8.03. The Kier molecular flexibility index (Phi) is 4.47. The molecule has 0 spiro atoms. The molecule has 116 valence electrons. The fourth-order valence-electron chi connectivity index (χ4n) is 4.38. The Labute approximate surface area is 138 Å². The van der Waals surface area contributed by atoms with Gasteiger partial charge in [-0.15, -0.1) is 0 Å². The summed E-state index contributed by atoms with van der Waals surface area (Å²) >= 11 is 3.60. The first-order valence-corrected chi connectivity index (χ1v) is 9.29. The number of hydrogen-bond donors (Lipinski definition) is 1. The van der Waals surface area contributed by atoms with Crippen LogP contribution in [0.15, 0.2) is 22.7 Å². The molecule has 2 aliphatic rings. The Morgan fingerprint density at radius 2 is 1.86 bits per heavy atom. The van der Waals surface area contributed by atoms with Crippen molar-refractivity contribution in [3.8, 4) is 0 Å². The zero-order valence-corrected chi connectivity index (χ0v) is 15.2. The van der Waals surface area contributed by atoms with E-state index in [1.165, 1.54) is 54.1 Å². The van der Waals surface area contributed by atoms with E-state index < -0.39 is 0 Å². The Bertz CT molecular complexity index is 503. The lowest BCUT2D eigenvalue weighted by atomic mass is 9.69. The smallest absolute Gasteiger partial charge is 0.0328 e. The molecule has 3 rings (SSSR count). The first-order valence-electron chi connectivity index (χ1n) is 8.49. The molecule has 2 heteroatoms. The first kappa shape index (κ1) is 15.6. The van der Waals surface area contributed by atoms with Gasteiger partial charge in [-0.2, -0.15) is 0 Å². The highest BCUT2D eigenvalue weighted by Crippen LogP contribution is 2.40. The lowest BCUT2D eigenvalue weighted by Gasteiger charge is -2.42. The Morgan fingerprint density at radius 3 is 2.62 bits per heavy atom. The largest absolute Gasteiger partial charge is 0.307 e. The van der Waals surface area contributed by atoms with Gasteiger partial charge in [0.25, 0.3) is 0 Å². The van der Waals surface area contributed by atoms with E-state index in [2.05, 4.69) is 60.2 Å². The van der Waals surface area contributed by atoms with Crippen LogP contribution in [-0.4, -0.2) is 6.04 Å². The van der Waals surface area contributed by atoms with Crippen molar-refractivity contribution < 1.29 is 0 Å². The van der Waals surface area contributed by atoms with Crippen molar-refractivity contribution in [3.63, 3.8) is 0 Å². The maximum atomic E-state index is 4.03. The second kappa shape index (κ2) is 6.04. The van der Waals surface area contributed by atoms with Crippen LogP contribution < -0.4 is 5.32 Å². The van der Waals surface area contributed by atoms with Gasteiger partial charge in [0.05, 0.1) is 0 Å². The molecule has 0 aromatic heterocycles. The van der Waals surface area contributed by atoms with Gasteiger partial charge in [0, 0.05) is 16.6 Å². The van der Waals surface area contributed by atoms with Crippen LogP contribution in [0.5, 0.6) is 0 Å². The lowest BCUT2D eigenvalue weighted by Crippen LogP contribution is -2.45. The molecule has 1 saturated carbocycles. The average molecular weight is 350 g/mol. The molecule has 1 aromatic carbocycles. The first-order chi connectivity index (χ1) is 9.95. The molecule has 0 amide bonds. The fraction of sp³-hybridized carbons (Fsp3) is 0.684. The van der Waals surface area contributed by atoms with Gasteiger partial charge in [-0.05, 0) is 60.3 Å². The van der Waals surface area contributed by atoms with E-state index in [4.69, 9.17) is 0 Å². The summed E-state index contributed by atoms with van der Waals surface area (Å²) in [6, 6.07) is 8.08. The highest BCUT2D eigenvalue weighted by atomic mass is 79.9. The highest BCUT2D eigenvalue weighted by Gasteiger charge is 2.36. The predicted molar refractivity (Wildman–Crippen MR) is 93.5 cm³/mol. The van der Waals surface area contributed by atoms with Gasteiger partial charge >= 0.3 is 0 Å². The highest BCUT2D eigenvalue weighted by molar-refractivity contribution is 9.10. The van der Waals surface area contributed by atoms with Crippen molar-refractivity contribution in [2.75, 3.05) is 0 Å². The number of benzene rings is 1. The maximum Gasteiger partial charge on any atom is 0.0328 e. The van der Waals surface area contributed by atoms with E-state index in [9.17, 15) is 0 Å². The van der Waals surface area contributed by atoms with E-state index in [0.29, 0.717) is 17.5 Å². The van der Waals surface area contributed by atoms with E-state index in [1.807, 2.05) is 0 Å². The fourth-order valence-corrected chi connectivity index (χ4v) is 4.79. The number of rotatable bonds is 2. The van der Waals surface area contributed by atoms with Crippen molar-refractivity contribution >= 4 is 15.9 Å². The van der Waals surface area contributed by atoms with Crippen molar-refractivity contribution in [2.45, 2.75) is 71.4 Å². The van der Waals surface area contributed by atoms with Gasteiger partial charge in [-0.1, -0.05) is 55.6 Å². The van der Waals surface area contributed by atoms with Crippen LogP contribution in [0, 0.1) is 11.3 Å². The molecule has 3 unspecified atom stereocenters. The molecule has 1 nitrogen and oxygen atoms in total. The summed E-state index contributed by atoms with van der Waals surface area (Å²) in [4.78, 5) is 0. The molecule has 0 aliphatic heterocycles. The van der Waals surface area contributed by atoms with E-state index in [0.717, 1.165) is 5.92 Å². The zero-order chi connectivity index (χ0) is 15.0. The average Bonchev–Trinajstić information content (AvgIpc) is 2.80. The number of hydrogen-bond acceptors (Lipinski definition) is 1. The van der Waals surface area contributed by atoms with Gasteiger partial charge in [-0.3, -0.25) is 0 Å². The van der Waals surface area contributed by atoms with Gasteiger partial charge in [-0.25, -0.2) is 0 Å². The lowest BCUT2D eigenvalue weighted by molar-refractivity contribution is 0.123. The summed E-state index contributed by atoms with van der Waals surface area (Å²) in [6.45, 7) is 7.24. The second-order valence-electron chi connectivity index (χ2n) is 7.96. The van der Waals surface area contributed by atoms with Crippen LogP contribution in [0.2, 0.25) is 0 Å². The van der Waals surface area contributed by atoms with Crippen molar-refractivity contribution in [1.29, 1.82) is 0 Å². The van der Waals surface area contributed by atoms with Gasteiger partial charge in [0.2, 0.25) is 0 Å². The molecule has 2 aliphatic carbocycles. The summed E-state index contributed by atoms with van der Waals surface area (Å²) in [5.74, 6) is 0.811. The normalized spacial score (nSPS) is 29.4. The molecule has 1 N–H and O–H groups in total. The molecule has 0 radical (unpaired) electrons. The molecule has 0 saturated heterocycles. The third-order valence-electron chi connectivity index (χ3n) is 5.48. The minimum absolute atomic E-state index is 0.416. The molecular formula is C19H28BrN. The number of aryl methyl sites for hydroxylation is 1. The van der Waals surface area contributed by atoms with Crippen LogP contribution in [0.3, 0.4) is 0 Å². The van der Waals surface area contributed by atoms with Crippen LogP contribution in [0.25, 0.3) is 0 Å². The SMILES string of the molecule is CC(C)(C)C1CCCCC1NC1CCc2cc(Br)ccc21. The predicted octanol–water partition coefficient (Wildman–Crippen LogP) is 5.63. The molecular weight excluding hydrogens is 322 g/mol. The number of halogens is 1. The van der Waals surface area contributed by atoms with Gasteiger partial charge in [0.1, 0.15) is 0 Å². The van der Waals surface area contributed by atoms with Crippen molar-refractivity contribution in [1.82, 2.24) is 5.32 Å². The van der Waals surface area contributed by atoms with E-state index in [1.54, 1.807) is 0 Å². The molecule has 1 fully saturated rings. The molecule has 1 aromatic rings. The van der Waals surface area contributed by atoms with E-state index in [-0.39, 0.29) is 0 Å². The van der Waals surface area contributed by atoms with Crippen LogP contribution >= 0.6 is 15.9 Å². The molecule has 21 heavy (non-hydrogen) atoms. The standard InChI is InChI=1S/C19H28BrN/c1-19(2,3)16-6-4-5-7-18(16)21-17-11-8-13-12-14(20)9-10-15(13)17/h9-10,12,16-18,21H,4-8,11H2,1-3H3. The second-order valence-corrected chi connectivity index (χ2v) is 8.88. The van der Waals surface area contributed by atoms with Gasteiger partial charge < -0.3 is 5.32 Å². The summed E-state index contributed by atoms with van der Waals surface area (Å²) < 4.78 is 1.21. The molecule has 0 bridgehead atoms. The minimum Gasteiger partial charge on any atom is -0.307 e. The van der Waals surface area contributed by atoms with Crippen LogP contribution in [-0.2, 0) is 6.42 Å². The number of fused-ring (bicyclic) bond motifs is 1. The molecule has 3 atom stereocenters. The molecule has 0 heterocycles. The Hall–Kier alpha value is -0.340.